The number of nitrogens with zero attached hydrogens (tertiary/aromatic N) is 4. The number of nitro groups is 1. The number of benzene rings is 1. The molecule has 1 aliphatic carbocycles. The van der Waals surface area contributed by atoms with Crippen LogP contribution in [0.1, 0.15) is 30.9 Å². The summed E-state index contributed by atoms with van der Waals surface area (Å²) in [4.78, 5) is 27.3. The molecule has 4 rings (SSSR count). The molecule has 1 aliphatic heterocycles. The van der Waals surface area contributed by atoms with Gasteiger partial charge in [0, 0.05) is 29.8 Å². The number of fused-ring (bicyclic) bond motifs is 1. The van der Waals surface area contributed by atoms with Gasteiger partial charge in [0.1, 0.15) is 12.4 Å². The number of ketones is 1. The maximum absolute atomic E-state index is 12.5. The first-order chi connectivity index (χ1) is 11.1. The van der Waals surface area contributed by atoms with E-state index in [-0.39, 0.29) is 11.5 Å². The van der Waals surface area contributed by atoms with Crippen LogP contribution in [0.2, 0.25) is 0 Å². The van der Waals surface area contributed by atoms with Crippen LogP contribution in [0, 0.1) is 10.1 Å². The van der Waals surface area contributed by atoms with Crippen molar-refractivity contribution in [2.75, 3.05) is 5.32 Å². The Bertz CT molecular complexity index is 854. The van der Waals surface area contributed by atoms with E-state index < -0.39 is 11.0 Å². The number of carbonyl (C=O) groups is 1. The number of nitrogens with one attached hydrogen (secondary N) is 1. The number of aromatic nitrogens is 3. The van der Waals surface area contributed by atoms with Crippen molar-refractivity contribution in [3.8, 4) is 0 Å². The number of nitro benzene ring substituents is 1. The van der Waals surface area contributed by atoms with E-state index in [1.54, 1.807) is 16.8 Å². The van der Waals surface area contributed by atoms with Crippen LogP contribution in [-0.2, 0) is 4.79 Å². The van der Waals surface area contributed by atoms with Gasteiger partial charge in [0.25, 0.3) is 5.69 Å². The van der Waals surface area contributed by atoms with Gasteiger partial charge in [-0.3, -0.25) is 14.9 Å². The van der Waals surface area contributed by atoms with E-state index in [2.05, 4.69) is 15.4 Å². The molecular formula is C15H13N5O3. The number of anilines is 1. The summed E-state index contributed by atoms with van der Waals surface area (Å²) in [7, 11) is 0. The molecule has 1 aromatic heterocycles. The quantitative estimate of drug-likeness (QED) is 0.673. The smallest absolute Gasteiger partial charge is 0.269 e. The van der Waals surface area contributed by atoms with Gasteiger partial charge < -0.3 is 5.32 Å². The molecule has 0 unspecified atom stereocenters. The maximum Gasteiger partial charge on any atom is 0.269 e. The average Bonchev–Trinajstić information content (AvgIpc) is 3.01. The number of non-ortho nitro benzene ring substituents is 1. The van der Waals surface area contributed by atoms with Gasteiger partial charge in [0.15, 0.2) is 5.78 Å². The van der Waals surface area contributed by atoms with Crippen LogP contribution < -0.4 is 5.32 Å². The molecule has 0 bridgehead atoms. The van der Waals surface area contributed by atoms with Crippen molar-refractivity contribution in [3.63, 3.8) is 0 Å². The van der Waals surface area contributed by atoms with E-state index >= 15 is 0 Å². The van der Waals surface area contributed by atoms with Crippen LogP contribution in [0.5, 0.6) is 0 Å². The Kier molecular flexibility index (Phi) is 2.97. The predicted octanol–water partition coefficient (Wildman–Crippen LogP) is 2.21. The zero-order chi connectivity index (χ0) is 16.0. The van der Waals surface area contributed by atoms with E-state index in [9.17, 15) is 14.9 Å². The SMILES string of the molecule is O=C1CCCC2=C1[C@@H](c1cccc([N+](=O)[O-])c1)n1ncnc1N2. The normalized spacial score (nSPS) is 19.8. The van der Waals surface area contributed by atoms with Crippen molar-refractivity contribution in [1.29, 1.82) is 0 Å². The van der Waals surface area contributed by atoms with Gasteiger partial charge in [-0.25, -0.2) is 4.68 Å². The van der Waals surface area contributed by atoms with Gasteiger partial charge in [-0.2, -0.15) is 10.1 Å². The standard InChI is InChI=1S/C15H13N5O3/c21-12-6-2-5-11-13(12)14(19-15(18-11)16-8-17-19)9-3-1-4-10(7-9)20(22)23/h1,3-4,7-8,14H,2,5-6H2,(H,16,17,18)/t14-/m1/s1. The molecule has 0 amide bonds. The van der Waals surface area contributed by atoms with Crippen LogP contribution in [0.15, 0.2) is 41.9 Å². The molecule has 0 spiro atoms. The first-order valence-electron chi connectivity index (χ1n) is 7.32. The molecule has 8 heteroatoms. The lowest BCUT2D eigenvalue weighted by atomic mass is 9.85. The molecule has 2 aliphatic rings. The minimum atomic E-state index is -0.476. The maximum atomic E-state index is 12.5. The minimum absolute atomic E-state index is 0.00638. The number of allylic oxidation sites excluding steroid dienone is 2. The van der Waals surface area contributed by atoms with E-state index in [0.29, 0.717) is 23.5 Å². The van der Waals surface area contributed by atoms with Crippen molar-refractivity contribution in [3.05, 3.63) is 57.5 Å². The van der Waals surface area contributed by atoms with Gasteiger partial charge in [-0.05, 0) is 18.4 Å². The fraction of sp³-hybridized carbons (Fsp3) is 0.267. The highest BCUT2D eigenvalue weighted by Crippen LogP contribution is 2.40. The minimum Gasteiger partial charge on any atom is -0.328 e. The summed E-state index contributed by atoms with van der Waals surface area (Å²) in [5, 5.41) is 18.4. The summed E-state index contributed by atoms with van der Waals surface area (Å²) >= 11 is 0. The number of Topliss-reactive ketones (excluding diaryl/α,β-unsaturated/α-hetero) is 1. The molecule has 23 heavy (non-hydrogen) atoms. The van der Waals surface area contributed by atoms with E-state index in [4.69, 9.17) is 0 Å². The lowest BCUT2D eigenvalue weighted by Crippen LogP contribution is -2.31. The van der Waals surface area contributed by atoms with Gasteiger partial charge in [0.05, 0.1) is 4.92 Å². The van der Waals surface area contributed by atoms with Gasteiger partial charge in [0.2, 0.25) is 5.95 Å². The predicted molar refractivity (Wildman–Crippen MR) is 80.8 cm³/mol. The second kappa shape index (κ2) is 5.01. The third kappa shape index (κ3) is 2.10. The van der Waals surface area contributed by atoms with Crippen LogP contribution in [0.4, 0.5) is 11.6 Å². The molecule has 0 saturated carbocycles. The summed E-state index contributed by atoms with van der Waals surface area (Å²) in [5.41, 5.74) is 2.14. The Morgan fingerprint density at radius 3 is 3.04 bits per heavy atom. The molecule has 1 N–H and O–H groups in total. The van der Waals surface area contributed by atoms with Crippen LogP contribution in [0.25, 0.3) is 0 Å². The van der Waals surface area contributed by atoms with Gasteiger partial charge in [-0.15, -0.1) is 0 Å². The molecule has 116 valence electrons. The van der Waals surface area contributed by atoms with Gasteiger partial charge >= 0.3 is 0 Å². The number of hydrogen-bond acceptors (Lipinski definition) is 6. The van der Waals surface area contributed by atoms with Crippen molar-refractivity contribution in [2.24, 2.45) is 0 Å². The second-order valence-electron chi connectivity index (χ2n) is 5.58. The third-order valence-corrected chi connectivity index (χ3v) is 4.21. The third-order valence-electron chi connectivity index (χ3n) is 4.21. The first-order valence-corrected chi connectivity index (χ1v) is 7.32. The van der Waals surface area contributed by atoms with Crippen molar-refractivity contribution in [2.45, 2.75) is 25.3 Å². The largest absolute Gasteiger partial charge is 0.328 e. The highest BCUT2D eigenvalue weighted by molar-refractivity contribution is 5.99. The number of hydrogen-bond donors (Lipinski definition) is 1. The Balaban J connectivity index is 1.91. The molecule has 0 fully saturated rings. The molecule has 8 nitrogen and oxygen atoms in total. The number of carbonyl (C=O) groups excluding carboxylic acids is 1. The Labute approximate surface area is 131 Å². The highest BCUT2D eigenvalue weighted by Gasteiger charge is 2.36. The Morgan fingerprint density at radius 1 is 1.35 bits per heavy atom. The van der Waals surface area contributed by atoms with Crippen molar-refractivity contribution < 1.29 is 9.72 Å². The summed E-state index contributed by atoms with van der Waals surface area (Å²) < 4.78 is 1.61. The van der Waals surface area contributed by atoms with Crippen molar-refractivity contribution >= 4 is 17.4 Å². The summed E-state index contributed by atoms with van der Waals surface area (Å²) in [6.07, 6.45) is 3.45. The van der Waals surface area contributed by atoms with E-state index in [1.165, 1.54) is 18.5 Å². The summed E-state index contributed by atoms with van der Waals surface area (Å²) in [6, 6.07) is 5.86. The molecule has 1 aromatic carbocycles. The molecule has 0 radical (unpaired) electrons. The highest BCUT2D eigenvalue weighted by atomic mass is 16.6. The lowest BCUT2D eigenvalue weighted by molar-refractivity contribution is -0.384. The molecule has 1 atom stereocenters. The lowest BCUT2D eigenvalue weighted by Gasteiger charge is -2.32. The fourth-order valence-corrected chi connectivity index (χ4v) is 3.21. The van der Waals surface area contributed by atoms with Crippen LogP contribution >= 0.6 is 0 Å². The molecule has 2 aromatic rings. The van der Waals surface area contributed by atoms with E-state index in [0.717, 1.165) is 18.5 Å². The zero-order valence-corrected chi connectivity index (χ0v) is 12.1. The summed E-state index contributed by atoms with van der Waals surface area (Å²) in [6.45, 7) is 0. The zero-order valence-electron chi connectivity index (χ0n) is 12.1. The average molecular weight is 311 g/mol. The topological polar surface area (TPSA) is 103 Å². The number of rotatable bonds is 2. The van der Waals surface area contributed by atoms with Crippen LogP contribution in [-0.4, -0.2) is 25.5 Å². The van der Waals surface area contributed by atoms with Crippen LogP contribution in [0.3, 0.4) is 0 Å². The fourth-order valence-electron chi connectivity index (χ4n) is 3.21. The van der Waals surface area contributed by atoms with Gasteiger partial charge in [-0.1, -0.05) is 12.1 Å². The second-order valence-corrected chi connectivity index (χ2v) is 5.58. The van der Waals surface area contributed by atoms with E-state index in [1.807, 2.05) is 0 Å². The van der Waals surface area contributed by atoms with Crippen molar-refractivity contribution in [1.82, 2.24) is 14.8 Å². The summed E-state index contributed by atoms with van der Waals surface area (Å²) in [5.74, 6) is 0.603. The molecule has 2 heterocycles. The Hall–Kier alpha value is -3.03. The first kappa shape index (κ1) is 13.6. The monoisotopic (exact) mass is 311 g/mol. The molecular weight excluding hydrogens is 298 g/mol. The molecule has 0 saturated heterocycles. The Morgan fingerprint density at radius 2 is 2.22 bits per heavy atom.